The average Bonchev–Trinajstić information content (AvgIpc) is 2.60. The summed E-state index contributed by atoms with van der Waals surface area (Å²) in [6.45, 7) is 3.62. The summed E-state index contributed by atoms with van der Waals surface area (Å²) in [6, 6.07) is 11.6. The van der Waals surface area contributed by atoms with Crippen LogP contribution in [0.4, 0.5) is 18.9 Å². The maximum atomic E-state index is 13.3. The Morgan fingerprint density at radius 3 is 2.19 bits per heavy atom. The number of benzene rings is 2. The number of halogens is 4. The van der Waals surface area contributed by atoms with Crippen LogP contribution in [0.15, 0.2) is 53.0 Å². The summed E-state index contributed by atoms with van der Waals surface area (Å²) < 4.78 is 64.0. The van der Waals surface area contributed by atoms with Crippen molar-refractivity contribution in [2.24, 2.45) is 0 Å². The van der Waals surface area contributed by atoms with Gasteiger partial charge in [-0.2, -0.15) is 13.2 Å². The van der Waals surface area contributed by atoms with E-state index in [1.54, 1.807) is 38.1 Å². The zero-order valence-electron chi connectivity index (χ0n) is 14.8. The normalized spacial score (nSPS) is 13.4. The first-order valence-corrected chi connectivity index (χ1v) is 10.7. The third-order valence-electron chi connectivity index (χ3n) is 3.61. The molecule has 148 valence electrons. The Morgan fingerprint density at radius 1 is 1.07 bits per heavy atom. The zero-order chi connectivity index (χ0) is 20.1. The van der Waals surface area contributed by atoms with Gasteiger partial charge in [-0.1, -0.05) is 34.1 Å². The molecule has 1 atom stereocenters. The Kier molecular flexibility index (Phi) is 7.51. The van der Waals surface area contributed by atoms with Gasteiger partial charge in [0.15, 0.2) is 5.78 Å². The van der Waals surface area contributed by atoms with Crippen molar-refractivity contribution in [3.8, 4) is 0 Å². The van der Waals surface area contributed by atoms with Gasteiger partial charge in [0.05, 0.1) is 18.8 Å². The molecular formula is C18H20BrF3NO3P. The molecule has 27 heavy (non-hydrogen) atoms. The van der Waals surface area contributed by atoms with Crippen LogP contribution in [0.3, 0.4) is 0 Å². The lowest BCUT2D eigenvalue weighted by Gasteiger charge is -2.28. The van der Waals surface area contributed by atoms with Crippen LogP contribution in [0.5, 0.6) is 0 Å². The highest BCUT2D eigenvalue weighted by Crippen LogP contribution is 2.60. The van der Waals surface area contributed by atoms with E-state index in [4.69, 9.17) is 9.05 Å². The van der Waals surface area contributed by atoms with Gasteiger partial charge in [-0.05, 0) is 49.7 Å². The summed E-state index contributed by atoms with van der Waals surface area (Å²) in [5.74, 6) is -0.964. The van der Waals surface area contributed by atoms with Gasteiger partial charge in [0.25, 0.3) is 0 Å². The Balaban J connectivity index is 2.47. The predicted molar refractivity (Wildman–Crippen MR) is 103 cm³/mol. The largest absolute Gasteiger partial charge is 0.416 e. The number of rotatable bonds is 8. The maximum absolute atomic E-state index is 13.3. The van der Waals surface area contributed by atoms with E-state index in [9.17, 15) is 17.7 Å². The van der Waals surface area contributed by atoms with E-state index in [-0.39, 0.29) is 18.9 Å². The van der Waals surface area contributed by atoms with Crippen molar-refractivity contribution < 1.29 is 26.8 Å². The van der Waals surface area contributed by atoms with Crippen LogP contribution < -0.4 is 5.32 Å². The van der Waals surface area contributed by atoms with Gasteiger partial charge in [-0.25, -0.2) is 0 Å². The van der Waals surface area contributed by atoms with Crippen LogP contribution >= 0.6 is 23.5 Å². The molecule has 1 N–H and O–H groups in total. The first kappa shape index (κ1) is 22.0. The molecule has 2 aromatic rings. The molecule has 0 aliphatic carbocycles. The highest BCUT2D eigenvalue weighted by atomic mass is 79.9. The van der Waals surface area contributed by atoms with E-state index >= 15 is 0 Å². The van der Waals surface area contributed by atoms with Crippen molar-refractivity contribution in [2.75, 3.05) is 18.5 Å². The zero-order valence-corrected chi connectivity index (χ0v) is 17.3. The highest BCUT2D eigenvalue weighted by Gasteiger charge is 2.37. The molecule has 0 radical (unpaired) electrons. The Labute approximate surface area is 164 Å². The molecule has 0 aromatic heterocycles. The van der Waals surface area contributed by atoms with Gasteiger partial charge >= 0.3 is 13.8 Å². The van der Waals surface area contributed by atoms with E-state index in [2.05, 4.69) is 21.2 Å². The summed E-state index contributed by atoms with van der Waals surface area (Å²) in [5, 5.41) is 2.91. The van der Waals surface area contributed by atoms with Crippen molar-refractivity contribution in [3.05, 3.63) is 64.1 Å². The fourth-order valence-electron chi connectivity index (χ4n) is 2.48. The molecule has 0 fully saturated rings. The molecule has 0 aliphatic rings. The van der Waals surface area contributed by atoms with Crippen LogP contribution in [0.1, 0.15) is 30.8 Å². The number of hydrogen-bond acceptors (Lipinski definition) is 4. The van der Waals surface area contributed by atoms with Gasteiger partial charge in [0.2, 0.25) is 0 Å². The Hall–Kier alpha value is -1.34. The van der Waals surface area contributed by atoms with E-state index in [1.807, 2.05) is 0 Å². The van der Waals surface area contributed by atoms with E-state index < -0.39 is 25.1 Å². The second kappa shape index (κ2) is 9.24. The molecule has 0 amide bonds. The van der Waals surface area contributed by atoms with Gasteiger partial charge in [-0.3, -0.25) is 4.57 Å². The fraction of sp³-hybridized carbons (Fsp3) is 0.333. The third kappa shape index (κ3) is 5.82. The maximum Gasteiger partial charge on any atom is 0.416 e. The summed E-state index contributed by atoms with van der Waals surface area (Å²) in [6.07, 6.45) is -4.48. The van der Waals surface area contributed by atoms with Crippen molar-refractivity contribution >= 4 is 29.2 Å². The monoisotopic (exact) mass is 465 g/mol. The van der Waals surface area contributed by atoms with Crippen molar-refractivity contribution in [1.29, 1.82) is 0 Å². The quantitative estimate of drug-likeness (QED) is 0.433. The fourth-order valence-corrected chi connectivity index (χ4v) is 4.68. The Morgan fingerprint density at radius 2 is 1.67 bits per heavy atom. The molecule has 0 saturated heterocycles. The number of hydrogen-bond donors (Lipinski definition) is 1. The summed E-state index contributed by atoms with van der Waals surface area (Å²) in [4.78, 5) is 0. The third-order valence-corrected chi connectivity index (χ3v) is 6.44. The summed E-state index contributed by atoms with van der Waals surface area (Å²) >= 11 is 3.33. The van der Waals surface area contributed by atoms with Gasteiger partial charge in [0.1, 0.15) is 0 Å². The molecule has 0 aliphatic heterocycles. The average molecular weight is 466 g/mol. The van der Waals surface area contributed by atoms with Gasteiger partial charge < -0.3 is 14.4 Å². The lowest BCUT2D eigenvalue weighted by molar-refractivity contribution is -0.137. The Bertz CT molecular complexity index is 789. The SMILES string of the molecule is CCOP(=O)(OCC)[C@H](Nc1cccc(C(F)(F)F)c1)c1ccc(Br)cc1. The molecule has 2 aromatic carbocycles. The number of alkyl halides is 3. The smallest absolute Gasteiger partial charge is 0.368 e. The van der Waals surface area contributed by atoms with Gasteiger partial charge in [0, 0.05) is 10.2 Å². The van der Waals surface area contributed by atoms with Crippen LogP contribution in [0.25, 0.3) is 0 Å². The lowest BCUT2D eigenvalue weighted by atomic mass is 10.1. The van der Waals surface area contributed by atoms with Crippen LogP contribution in [-0.4, -0.2) is 13.2 Å². The van der Waals surface area contributed by atoms with Crippen molar-refractivity contribution in [3.63, 3.8) is 0 Å². The minimum Gasteiger partial charge on any atom is -0.368 e. The van der Waals surface area contributed by atoms with Crippen LogP contribution in [0, 0.1) is 0 Å². The first-order valence-electron chi connectivity index (χ1n) is 8.27. The van der Waals surface area contributed by atoms with Crippen molar-refractivity contribution in [2.45, 2.75) is 25.8 Å². The lowest BCUT2D eigenvalue weighted by Crippen LogP contribution is -2.16. The molecule has 0 saturated carbocycles. The van der Waals surface area contributed by atoms with E-state index in [0.29, 0.717) is 5.56 Å². The highest BCUT2D eigenvalue weighted by molar-refractivity contribution is 9.10. The number of anilines is 1. The summed E-state index contributed by atoms with van der Waals surface area (Å²) in [5.41, 5.74) is -0.0667. The van der Waals surface area contributed by atoms with Gasteiger partial charge in [-0.15, -0.1) is 0 Å². The minimum absolute atomic E-state index is 0.134. The predicted octanol–water partition coefficient (Wildman–Crippen LogP) is 6.84. The van der Waals surface area contributed by atoms with Crippen LogP contribution in [-0.2, 0) is 19.8 Å². The van der Waals surface area contributed by atoms with E-state index in [1.165, 1.54) is 12.1 Å². The molecular weight excluding hydrogens is 446 g/mol. The molecule has 2 rings (SSSR count). The van der Waals surface area contributed by atoms with Crippen molar-refractivity contribution in [1.82, 2.24) is 0 Å². The molecule has 0 heterocycles. The molecule has 0 spiro atoms. The first-order chi connectivity index (χ1) is 12.7. The molecule has 0 bridgehead atoms. The molecule has 4 nitrogen and oxygen atoms in total. The molecule has 0 unspecified atom stereocenters. The minimum atomic E-state index is -4.48. The molecule has 9 heteroatoms. The number of nitrogens with one attached hydrogen (secondary N) is 1. The summed E-state index contributed by atoms with van der Waals surface area (Å²) in [7, 11) is -3.70. The van der Waals surface area contributed by atoms with E-state index in [0.717, 1.165) is 16.6 Å². The van der Waals surface area contributed by atoms with Crippen LogP contribution in [0.2, 0.25) is 0 Å². The topological polar surface area (TPSA) is 47.6 Å². The second-order valence-electron chi connectivity index (χ2n) is 5.55. The second-order valence-corrected chi connectivity index (χ2v) is 8.58. The standard InChI is InChI=1S/C18H20BrF3NO3P/c1-3-25-27(24,26-4-2)17(13-8-10-15(19)11-9-13)23-16-7-5-6-14(12-16)18(20,21)22/h5-12,17,23H,3-4H2,1-2H3/t17-/m0/s1.